The van der Waals surface area contributed by atoms with E-state index in [1.54, 1.807) is 18.3 Å². The summed E-state index contributed by atoms with van der Waals surface area (Å²) in [6.07, 6.45) is 1.49. The van der Waals surface area contributed by atoms with Gasteiger partial charge in [0.15, 0.2) is 5.12 Å². The maximum Gasteiger partial charge on any atom is 0.222 e. The number of fused-ring (bicyclic) bond motifs is 1. The van der Waals surface area contributed by atoms with Crippen LogP contribution in [0.25, 0.3) is 10.1 Å². The second-order valence-electron chi connectivity index (χ2n) is 5.72. The van der Waals surface area contributed by atoms with Gasteiger partial charge in [0, 0.05) is 36.9 Å². The number of hydrogen-bond donors (Lipinski definition) is 0. The first-order valence-corrected chi connectivity index (χ1v) is 9.36. The number of carbonyl (C=O) groups is 2. The number of thiophene rings is 1. The SMILES string of the molecule is CC(=O)SCC1CC(=O)N(CCc2csc3ccccc23)C1. The highest BCUT2D eigenvalue weighted by atomic mass is 32.2. The summed E-state index contributed by atoms with van der Waals surface area (Å²) in [6, 6.07) is 8.41. The Morgan fingerprint density at radius 1 is 1.41 bits per heavy atom. The molecule has 0 N–H and O–H groups in total. The maximum atomic E-state index is 12.1. The summed E-state index contributed by atoms with van der Waals surface area (Å²) in [5.41, 5.74) is 1.33. The monoisotopic (exact) mass is 333 g/mol. The fourth-order valence-corrected chi connectivity index (χ4v) is 4.59. The molecule has 1 aliphatic rings. The van der Waals surface area contributed by atoms with E-state index >= 15 is 0 Å². The smallest absolute Gasteiger partial charge is 0.222 e. The van der Waals surface area contributed by atoms with E-state index in [2.05, 4.69) is 29.6 Å². The Morgan fingerprint density at radius 3 is 3.05 bits per heavy atom. The van der Waals surface area contributed by atoms with Gasteiger partial charge in [-0.05, 0) is 34.7 Å². The van der Waals surface area contributed by atoms with Gasteiger partial charge in [0.1, 0.15) is 0 Å². The van der Waals surface area contributed by atoms with Crippen molar-refractivity contribution in [1.82, 2.24) is 4.90 Å². The lowest BCUT2D eigenvalue weighted by Gasteiger charge is -2.16. The largest absolute Gasteiger partial charge is 0.342 e. The van der Waals surface area contributed by atoms with Crippen molar-refractivity contribution in [2.24, 2.45) is 5.92 Å². The molecule has 0 spiro atoms. The summed E-state index contributed by atoms with van der Waals surface area (Å²) < 4.78 is 1.31. The molecule has 116 valence electrons. The third-order valence-electron chi connectivity index (χ3n) is 4.03. The van der Waals surface area contributed by atoms with Crippen LogP contribution in [0.1, 0.15) is 18.9 Å². The van der Waals surface area contributed by atoms with Crippen LogP contribution in [0.15, 0.2) is 29.6 Å². The molecule has 1 unspecified atom stereocenters. The Labute approximate surface area is 138 Å². The summed E-state index contributed by atoms with van der Waals surface area (Å²) in [5, 5.41) is 3.65. The van der Waals surface area contributed by atoms with Crippen LogP contribution in [0.2, 0.25) is 0 Å². The van der Waals surface area contributed by atoms with Gasteiger partial charge < -0.3 is 4.90 Å². The first-order valence-electron chi connectivity index (χ1n) is 7.49. The van der Waals surface area contributed by atoms with Gasteiger partial charge in [-0.25, -0.2) is 0 Å². The molecule has 2 aromatic rings. The van der Waals surface area contributed by atoms with Gasteiger partial charge >= 0.3 is 0 Å². The number of thioether (sulfide) groups is 1. The normalized spacial score (nSPS) is 18.3. The Morgan fingerprint density at radius 2 is 2.23 bits per heavy atom. The van der Waals surface area contributed by atoms with Gasteiger partial charge in [-0.2, -0.15) is 0 Å². The van der Waals surface area contributed by atoms with Crippen LogP contribution < -0.4 is 0 Å². The number of likely N-dealkylation sites (tertiary alicyclic amines) is 1. The molecule has 1 aromatic carbocycles. The van der Waals surface area contributed by atoms with Crippen LogP contribution >= 0.6 is 23.1 Å². The predicted molar refractivity (Wildman–Crippen MR) is 93.4 cm³/mol. The van der Waals surface area contributed by atoms with Crippen LogP contribution in [0, 0.1) is 5.92 Å². The van der Waals surface area contributed by atoms with Gasteiger partial charge in [-0.3, -0.25) is 9.59 Å². The second kappa shape index (κ2) is 6.84. The van der Waals surface area contributed by atoms with Gasteiger partial charge in [-0.1, -0.05) is 30.0 Å². The zero-order chi connectivity index (χ0) is 15.5. The lowest BCUT2D eigenvalue weighted by Crippen LogP contribution is -2.27. The minimum atomic E-state index is 0.135. The molecular formula is C17H19NO2S2. The third-order valence-corrected chi connectivity index (χ3v) is 6.09. The molecular weight excluding hydrogens is 314 g/mol. The number of amides is 1. The van der Waals surface area contributed by atoms with Crippen LogP contribution in [0.3, 0.4) is 0 Å². The molecule has 5 heteroatoms. The quantitative estimate of drug-likeness (QED) is 0.839. The molecule has 1 atom stereocenters. The summed E-state index contributed by atoms with van der Waals surface area (Å²) in [6.45, 7) is 3.16. The lowest BCUT2D eigenvalue weighted by atomic mass is 10.1. The molecule has 3 rings (SSSR count). The van der Waals surface area contributed by atoms with Gasteiger partial charge in [0.05, 0.1) is 0 Å². The van der Waals surface area contributed by atoms with Crippen molar-refractivity contribution in [3.8, 4) is 0 Å². The molecule has 1 aromatic heterocycles. The molecule has 3 nitrogen and oxygen atoms in total. The zero-order valence-corrected chi connectivity index (χ0v) is 14.2. The summed E-state index contributed by atoms with van der Waals surface area (Å²) >= 11 is 3.10. The molecule has 0 saturated carbocycles. The topological polar surface area (TPSA) is 37.4 Å². The summed E-state index contributed by atoms with van der Waals surface area (Å²) in [5.74, 6) is 1.31. The van der Waals surface area contributed by atoms with E-state index in [4.69, 9.17) is 0 Å². The van der Waals surface area contributed by atoms with Gasteiger partial charge in [0.25, 0.3) is 0 Å². The van der Waals surface area contributed by atoms with Crippen molar-refractivity contribution >= 4 is 44.2 Å². The third kappa shape index (κ3) is 3.52. The highest BCUT2D eigenvalue weighted by Crippen LogP contribution is 2.27. The van der Waals surface area contributed by atoms with Crippen molar-refractivity contribution in [1.29, 1.82) is 0 Å². The highest BCUT2D eigenvalue weighted by Gasteiger charge is 2.29. The molecule has 1 amide bonds. The molecule has 1 aliphatic heterocycles. The maximum absolute atomic E-state index is 12.1. The van der Waals surface area contributed by atoms with Crippen molar-refractivity contribution in [3.05, 3.63) is 35.2 Å². The van der Waals surface area contributed by atoms with E-state index in [-0.39, 0.29) is 11.0 Å². The second-order valence-corrected chi connectivity index (χ2v) is 7.83. The van der Waals surface area contributed by atoms with Crippen molar-refractivity contribution < 1.29 is 9.59 Å². The number of benzene rings is 1. The number of nitrogens with zero attached hydrogens (tertiary/aromatic N) is 1. The molecule has 2 heterocycles. The van der Waals surface area contributed by atoms with E-state index in [1.165, 1.54) is 27.4 Å². The van der Waals surface area contributed by atoms with Crippen molar-refractivity contribution in [3.63, 3.8) is 0 Å². The summed E-state index contributed by atoms with van der Waals surface area (Å²) in [7, 11) is 0. The summed E-state index contributed by atoms with van der Waals surface area (Å²) in [4.78, 5) is 25.1. The number of carbonyl (C=O) groups excluding carboxylic acids is 2. The van der Waals surface area contributed by atoms with Crippen LogP contribution in [-0.4, -0.2) is 34.8 Å². The minimum Gasteiger partial charge on any atom is -0.342 e. The highest BCUT2D eigenvalue weighted by molar-refractivity contribution is 8.13. The molecule has 22 heavy (non-hydrogen) atoms. The molecule has 0 bridgehead atoms. The van der Waals surface area contributed by atoms with Crippen molar-refractivity contribution in [2.45, 2.75) is 19.8 Å². The molecule has 1 saturated heterocycles. The van der Waals surface area contributed by atoms with Crippen molar-refractivity contribution in [2.75, 3.05) is 18.8 Å². The van der Waals surface area contributed by atoms with Crippen LogP contribution in [0.5, 0.6) is 0 Å². The fraction of sp³-hybridized carbons (Fsp3) is 0.412. The lowest BCUT2D eigenvalue weighted by molar-refractivity contribution is -0.127. The average molecular weight is 333 g/mol. The van der Waals surface area contributed by atoms with Gasteiger partial charge in [0.2, 0.25) is 5.91 Å². The zero-order valence-electron chi connectivity index (χ0n) is 12.6. The first kappa shape index (κ1) is 15.6. The van der Waals surface area contributed by atoms with Gasteiger partial charge in [-0.15, -0.1) is 11.3 Å². The Balaban J connectivity index is 1.57. The number of hydrogen-bond acceptors (Lipinski definition) is 4. The Kier molecular flexibility index (Phi) is 4.84. The average Bonchev–Trinajstić information content (AvgIpc) is 3.07. The van der Waals surface area contributed by atoms with E-state index < -0.39 is 0 Å². The van der Waals surface area contributed by atoms with Crippen LogP contribution in [-0.2, 0) is 16.0 Å². The van der Waals surface area contributed by atoms with E-state index in [0.29, 0.717) is 12.3 Å². The minimum absolute atomic E-state index is 0.135. The number of rotatable bonds is 5. The fourth-order valence-electron chi connectivity index (χ4n) is 2.90. The van der Waals surface area contributed by atoms with E-state index in [0.717, 1.165) is 25.3 Å². The molecule has 1 fully saturated rings. The first-order chi connectivity index (χ1) is 10.6. The predicted octanol–water partition coefficient (Wildman–Crippen LogP) is 3.57. The Bertz CT molecular complexity index is 695. The van der Waals surface area contributed by atoms with E-state index in [9.17, 15) is 9.59 Å². The van der Waals surface area contributed by atoms with Crippen LogP contribution in [0.4, 0.5) is 0 Å². The van der Waals surface area contributed by atoms with E-state index in [1.807, 2.05) is 4.90 Å². The molecule has 0 aliphatic carbocycles. The Hall–Kier alpha value is -1.33. The molecule has 0 radical (unpaired) electrons. The standard InChI is InChI=1S/C17H19NO2S2/c1-12(19)21-10-13-8-17(20)18(9-13)7-6-14-11-22-16-5-3-2-4-15(14)16/h2-5,11,13H,6-10H2,1H3.